The van der Waals surface area contributed by atoms with Gasteiger partial charge in [-0.25, -0.2) is 23.3 Å². The third kappa shape index (κ3) is 4.25. The number of anilines is 1. The molecule has 3 aromatic rings. The number of hydrogen-bond acceptors (Lipinski definition) is 7. The summed E-state index contributed by atoms with van der Waals surface area (Å²) < 4.78 is 23.8. The molecule has 0 aliphatic carbocycles. The number of nitrogens with two attached hydrogens (primary N) is 1. The molecule has 0 spiro atoms. The van der Waals surface area contributed by atoms with Gasteiger partial charge in [-0.15, -0.1) is 11.3 Å². The maximum Gasteiger partial charge on any atom is 0.337 e. The molecule has 1 aromatic carbocycles. The van der Waals surface area contributed by atoms with E-state index in [0.717, 1.165) is 15.9 Å². The Kier molecular flexibility index (Phi) is 5.74. The first-order valence-electron chi connectivity index (χ1n) is 8.67. The number of fused-ring (bicyclic) bond motifs is 1. The second-order valence-corrected chi connectivity index (χ2v) is 9.19. The zero-order valence-electron chi connectivity index (χ0n) is 15.9. The lowest BCUT2D eigenvalue weighted by Gasteiger charge is -2.15. The van der Waals surface area contributed by atoms with Gasteiger partial charge in [-0.1, -0.05) is 13.8 Å². The van der Waals surface area contributed by atoms with Crippen LogP contribution in [0.5, 0.6) is 0 Å². The van der Waals surface area contributed by atoms with Gasteiger partial charge in [0.15, 0.2) is 0 Å². The Balaban J connectivity index is 1.95. The second-order valence-electron chi connectivity index (χ2n) is 6.77. The summed E-state index contributed by atoms with van der Waals surface area (Å²) in [5.74, 6) is -1.65. The molecule has 2 aromatic heterocycles. The Morgan fingerprint density at radius 3 is 2.43 bits per heavy atom. The van der Waals surface area contributed by atoms with Crippen molar-refractivity contribution < 1.29 is 23.1 Å². The van der Waals surface area contributed by atoms with Crippen LogP contribution >= 0.6 is 11.3 Å². The van der Waals surface area contributed by atoms with Gasteiger partial charge in [0.1, 0.15) is 17.2 Å². The monoisotopic (exact) mass is 450 g/mol. The van der Waals surface area contributed by atoms with Crippen LogP contribution in [-0.4, -0.2) is 35.0 Å². The summed E-state index contributed by atoms with van der Waals surface area (Å²) in [4.78, 5) is 41.5. The second kappa shape index (κ2) is 7.97. The van der Waals surface area contributed by atoms with Crippen LogP contribution in [0, 0.1) is 0 Å². The quantitative estimate of drug-likeness (QED) is 0.513. The molecule has 30 heavy (non-hydrogen) atoms. The summed E-state index contributed by atoms with van der Waals surface area (Å²) in [6.07, 6.45) is 0. The number of aromatic carboxylic acids is 1. The van der Waals surface area contributed by atoms with Crippen molar-refractivity contribution in [2.45, 2.75) is 31.2 Å². The first-order chi connectivity index (χ1) is 14.0. The highest BCUT2D eigenvalue weighted by Crippen LogP contribution is 2.24. The average molecular weight is 450 g/mol. The molecule has 0 aliphatic rings. The van der Waals surface area contributed by atoms with Crippen LogP contribution in [0.25, 0.3) is 10.2 Å². The van der Waals surface area contributed by atoms with Crippen LogP contribution < -0.4 is 16.0 Å². The van der Waals surface area contributed by atoms with Gasteiger partial charge in [0.25, 0.3) is 5.56 Å². The van der Waals surface area contributed by atoms with E-state index < -0.39 is 27.5 Å². The summed E-state index contributed by atoms with van der Waals surface area (Å²) in [6.45, 7) is 3.22. The van der Waals surface area contributed by atoms with Crippen LogP contribution in [0.1, 0.15) is 35.9 Å². The Morgan fingerprint density at radius 1 is 1.27 bits per heavy atom. The largest absolute Gasteiger partial charge is 0.478 e. The van der Waals surface area contributed by atoms with E-state index in [9.17, 15) is 27.9 Å². The number of carbonyl (C=O) groups excluding carboxylic acids is 1. The van der Waals surface area contributed by atoms with E-state index in [0.29, 0.717) is 16.3 Å². The number of nitrogens with zero attached hydrogens (tertiary/aromatic N) is 2. The molecule has 1 amide bonds. The predicted molar refractivity (Wildman–Crippen MR) is 111 cm³/mol. The van der Waals surface area contributed by atoms with E-state index in [-0.39, 0.29) is 28.3 Å². The number of carbonyl (C=O) groups is 2. The third-order valence-electron chi connectivity index (χ3n) is 4.24. The summed E-state index contributed by atoms with van der Waals surface area (Å²) >= 11 is 1.06. The Bertz CT molecular complexity index is 1310. The smallest absolute Gasteiger partial charge is 0.337 e. The van der Waals surface area contributed by atoms with Crippen LogP contribution in [0.2, 0.25) is 0 Å². The average Bonchev–Trinajstić information content (AvgIpc) is 3.08. The molecule has 0 radical (unpaired) electrons. The van der Waals surface area contributed by atoms with E-state index in [1.165, 1.54) is 29.6 Å². The molecule has 0 atom stereocenters. The third-order valence-corrected chi connectivity index (χ3v) is 6.04. The van der Waals surface area contributed by atoms with Crippen LogP contribution in [-0.2, 0) is 21.4 Å². The lowest BCUT2D eigenvalue weighted by Crippen LogP contribution is -2.32. The van der Waals surface area contributed by atoms with Crippen molar-refractivity contribution in [3.05, 3.63) is 51.4 Å². The predicted octanol–water partition coefficient (Wildman–Crippen LogP) is 1.57. The van der Waals surface area contributed by atoms with Crippen molar-refractivity contribution >= 4 is 49.1 Å². The molecule has 0 unspecified atom stereocenters. The number of benzene rings is 1. The van der Waals surface area contributed by atoms with Gasteiger partial charge in [-0.2, -0.15) is 0 Å². The van der Waals surface area contributed by atoms with E-state index in [1.807, 2.05) is 0 Å². The molecule has 0 fully saturated rings. The van der Waals surface area contributed by atoms with Gasteiger partial charge < -0.3 is 10.4 Å². The van der Waals surface area contributed by atoms with Crippen molar-refractivity contribution in [2.75, 3.05) is 5.32 Å². The number of aromatic nitrogens is 2. The topological polar surface area (TPSA) is 161 Å². The van der Waals surface area contributed by atoms with Crippen LogP contribution in [0.4, 0.5) is 5.69 Å². The molecule has 0 saturated carbocycles. The highest BCUT2D eigenvalue weighted by atomic mass is 32.2. The fourth-order valence-electron chi connectivity index (χ4n) is 2.86. The summed E-state index contributed by atoms with van der Waals surface area (Å²) in [7, 11) is -3.86. The van der Waals surface area contributed by atoms with E-state index in [2.05, 4.69) is 10.3 Å². The Labute approximate surface area is 175 Å². The van der Waals surface area contributed by atoms with E-state index in [4.69, 9.17) is 5.14 Å². The molecule has 2 heterocycles. The number of nitrogens with one attached hydrogen (secondary N) is 1. The van der Waals surface area contributed by atoms with Crippen molar-refractivity contribution in [3.8, 4) is 0 Å². The molecule has 158 valence electrons. The minimum Gasteiger partial charge on any atom is -0.478 e. The van der Waals surface area contributed by atoms with Gasteiger partial charge in [-0.05, 0) is 24.3 Å². The first kappa shape index (κ1) is 21.6. The van der Waals surface area contributed by atoms with Gasteiger partial charge >= 0.3 is 5.97 Å². The minimum atomic E-state index is -3.86. The lowest BCUT2D eigenvalue weighted by molar-refractivity contribution is -0.116. The fourth-order valence-corrected chi connectivity index (χ4v) is 4.29. The van der Waals surface area contributed by atoms with E-state index in [1.54, 1.807) is 13.8 Å². The van der Waals surface area contributed by atoms with Crippen molar-refractivity contribution in [1.82, 2.24) is 9.55 Å². The van der Waals surface area contributed by atoms with Crippen molar-refractivity contribution in [1.29, 1.82) is 0 Å². The standard InChI is InChI=1S/C18H18N4O6S2/c1-9(2)15-21-16-14(12(8-29-16)18(25)26)17(24)22(15)7-13(23)20-10-3-5-11(6-4-10)30(19,27)28/h3-6,8-9H,7H2,1-2H3,(H,20,23)(H,25,26)(H2,19,27,28). The molecule has 4 N–H and O–H groups in total. The Hall–Kier alpha value is -3.09. The van der Waals surface area contributed by atoms with Crippen molar-refractivity contribution in [2.24, 2.45) is 5.14 Å². The van der Waals surface area contributed by atoms with Crippen LogP contribution in [0.3, 0.4) is 0 Å². The van der Waals surface area contributed by atoms with Gasteiger partial charge in [0, 0.05) is 17.0 Å². The number of sulfonamides is 1. The van der Waals surface area contributed by atoms with Gasteiger partial charge in [0.2, 0.25) is 15.9 Å². The number of amides is 1. The number of carboxylic acid groups (broad SMARTS) is 1. The number of carboxylic acids is 1. The zero-order chi connectivity index (χ0) is 22.2. The maximum absolute atomic E-state index is 13.0. The summed E-state index contributed by atoms with van der Waals surface area (Å²) in [5, 5.41) is 18.2. The normalized spacial score (nSPS) is 11.7. The number of hydrogen-bond donors (Lipinski definition) is 3. The molecule has 0 saturated heterocycles. The molecule has 0 bridgehead atoms. The summed E-state index contributed by atoms with van der Waals surface area (Å²) in [6, 6.07) is 5.22. The highest BCUT2D eigenvalue weighted by Gasteiger charge is 2.22. The number of primary sulfonamides is 1. The fraction of sp³-hybridized carbons (Fsp3) is 0.222. The number of thiophene rings is 1. The van der Waals surface area contributed by atoms with Crippen molar-refractivity contribution in [3.63, 3.8) is 0 Å². The molecule has 10 nitrogen and oxygen atoms in total. The zero-order valence-corrected chi connectivity index (χ0v) is 17.6. The highest BCUT2D eigenvalue weighted by molar-refractivity contribution is 7.89. The Morgan fingerprint density at radius 2 is 1.90 bits per heavy atom. The lowest BCUT2D eigenvalue weighted by atomic mass is 10.2. The van der Waals surface area contributed by atoms with E-state index >= 15 is 0 Å². The SMILES string of the molecule is CC(C)c1nc2scc(C(=O)O)c2c(=O)n1CC(=O)Nc1ccc(S(N)(=O)=O)cc1. The van der Waals surface area contributed by atoms with Gasteiger partial charge in [-0.3, -0.25) is 14.2 Å². The molecule has 0 aliphatic heterocycles. The minimum absolute atomic E-state index is 0.0396. The maximum atomic E-state index is 13.0. The molecule has 3 rings (SSSR count). The number of rotatable bonds is 6. The molecular weight excluding hydrogens is 432 g/mol. The van der Waals surface area contributed by atoms with Gasteiger partial charge in [0.05, 0.1) is 15.8 Å². The van der Waals surface area contributed by atoms with Crippen LogP contribution in [0.15, 0.2) is 39.3 Å². The summed E-state index contributed by atoms with van der Waals surface area (Å²) in [5.41, 5.74) is -0.458. The molecular formula is C18H18N4O6S2. The molecule has 12 heteroatoms. The first-order valence-corrected chi connectivity index (χ1v) is 11.1.